The molecule has 2 aromatic rings. The standard InChI is InChI=1S/C25H30N2O3/c1-25(2)14-13-22(19-6-3-4-7-20(19)25)27-23(28)8-5-15-30-18-10-11-21-17(16-18)9-12-24(29)26-21/h3-4,6-7,10-11,16,22H,5,8-9,12-15H2,1-2H3,(H,26,29)(H,27,28). The second-order valence-corrected chi connectivity index (χ2v) is 8.95. The molecule has 2 N–H and O–H groups in total. The van der Waals surface area contributed by atoms with Crippen LogP contribution in [0.25, 0.3) is 0 Å². The molecule has 0 fully saturated rings. The molecule has 4 rings (SSSR count). The van der Waals surface area contributed by atoms with Crippen LogP contribution in [0.15, 0.2) is 42.5 Å². The van der Waals surface area contributed by atoms with Gasteiger partial charge in [0.1, 0.15) is 5.75 Å². The van der Waals surface area contributed by atoms with Gasteiger partial charge in [-0.05, 0) is 66.0 Å². The van der Waals surface area contributed by atoms with Crippen LogP contribution in [-0.2, 0) is 21.4 Å². The third-order valence-corrected chi connectivity index (χ3v) is 6.25. The van der Waals surface area contributed by atoms with Crippen LogP contribution >= 0.6 is 0 Å². The number of carbonyl (C=O) groups is 2. The number of amides is 2. The highest BCUT2D eigenvalue weighted by Gasteiger charge is 2.32. The Bertz CT molecular complexity index is 951. The number of nitrogens with one attached hydrogen (secondary N) is 2. The Hall–Kier alpha value is -2.82. The zero-order chi connectivity index (χ0) is 21.1. The average molecular weight is 407 g/mol. The van der Waals surface area contributed by atoms with Crippen LogP contribution in [0.4, 0.5) is 5.69 Å². The van der Waals surface area contributed by atoms with Crippen molar-refractivity contribution in [2.45, 2.75) is 63.8 Å². The Balaban J connectivity index is 1.26. The Morgan fingerprint density at radius 3 is 2.90 bits per heavy atom. The second-order valence-electron chi connectivity index (χ2n) is 8.95. The Kier molecular flexibility index (Phi) is 5.80. The van der Waals surface area contributed by atoms with Crippen molar-refractivity contribution in [2.75, 3.05) is 11.9 Å². The summed E-state index contributed by atoms with van der Waals surface area (Å²) in [4.78, 5) is 24.0. The Morgan fingerprint density at radius 2 is 2.03 bits per heavy atom. The lowest BCUT2D eigenvalue weighted by molar-refractivity contribution is -0.122. The number of carbonyl (C=O) groups excluding carboxylic acids is 2. The molecule has 30 heavy (non-hydrogen) atoms. The topological polar surface area (TPSA) is 67.4 Å². The van der Waals surface area contributed by atoms with Gasteiger partial charge in [-0.15, -0.1) is 0 Å². The van der Waals surface area contributed by atoms with E-state index in [0.29, 0.717) is 25.9 Å². The highest BCUT2D eigenvalue weighted by Crippen LogP contribution is 2.41. The monoisotopic (exact) mass is 406 g/mol. The van der Waals surface area contributed by atoms with Crippen molar-refractivity contribution in [1.29, 1.82) is 0 Å². The normalized spacial score (nSPS) is 19.3. The summed E-state index contributed by atoms with van der Waals surface area (Å²) in [6.07, 6.45) is 4.40. The second kappa shape index (κ2) is 8.50. The molecule has 2 aliphatic rings. The maximum Gasteiger partial charge on any atom is 0.224 e. The maximum absolute atomic E-state index is 12.5. The number of anilines is 1. The number of hydrogen-bond donors (Lipinski definition) is 2. The van der Waals surface area contributed by atoms with Crippen molar-refractivity contribution < 1.29 is 14.3 Å². The van der Waals surface area contributed by atoms with Gasteiger partial charge in [-0.3, -0.25) is 9.59 Å². The molecule has 0 radical (unpaired) electrons. The van der Waals surface area contributed by atoms with Crippen LogP contribution in [0.3, 0.4) is 0 Å². The molecule has 5 nitrogen and oxygen atoms in total. The van der Waals surface area contributed by atoms with E-state index in [0.717, 1.165) is 36.3 Å². The largest absolute Gasteiger partial charge is 0.494 e. The molecule has 2 amide bonds. The van der Waals surface area contributed by atoms with Crippen molar-refractivity contribution >= 4 is 17.5 Å². The third-order valence-electron chi connectivity index (χ3n) is 6.25. The molecule has 1 unspecified atom stereocenters. The minimum Gasteiger partial charge on any atom is -0.494 e. The molecule has 158 valence electrons. The smallest absolute Gasteiger partial charge is 0.224 e. The fraction of sp³-hybridized carbons (Fsp3) is 0.440. The van der Waals surface area contributed by atoms with Crippen LogP contribution in [0, 0.1) is 0 Å². The predicted molar refractivity (Wildman–Crippen MR) is 118 cm³/mol. The van der Waals surface area contributed by atoms with Crippen LogP contribution in [-0.4, -0.2) is 18.4 Å². The van der Waals surface area contributed by atoms with Crippen molar-refractivity contribution in [3.8, 4) is 5.75 Å². The number of hydrogen-bond acceptors (Lipinski definition) is 3. The number of ether oxygens (including phenoxy) is 1. The molecule has 5 heteroatoms. The van der Waals surface area contributed by atoms with Crippen molar-refractivity contribution in [3.63, 3.8) is 0 Å². The molecule has 0 aromatic heterocycles. The van der Waals surface area contributed by atoms with Gasteiger partial charge in [0.15, 0.2) is 0 Å². The molecule has 1 atom stereocenters. The first-order valence-electron chi connectivity index (χ1n) is 10.9. The molecular weight excluding hydrogens is 376 g/mol. The van der Waals surface area contributed by atoms with Crippen LogP contribution in [0.1, 0.15) is 68.7 Å². The van der Waals surface area contributed by atoms with Gasteiger partial charge in [0, 0.05) is 18.5 Å². The molecule has 2 aromatic carbocycles. The fourth-order valence-electron chi connectivity index (χ4n) is 4.50. The van der Waals surface area contributed by atoms with E-state index in [4.69, 9.17) is 4.74 Å². The van der Waals surface area contributed by atoms with Gasteiger partial charge in [-0.25, -0.2) is 0 Å². The number of fused-ring (bicyclic) bond motifs is 2. The van der Waals surface area contributed by atoms with Gasteiger partial charge in [-0.2, -0.15) is 0 Å². The highest BCUT2D eigenvalue weighted by molar-refractivity contribution is 5.94. The molecule has 0 saturated heterocycles. The summed E-state index contributed by atoms with van der Waals surface area (Å²) >= 11 is 0. The summed E-state index contributed by atoms with van der Waals surface area (Å²) in [5, 5.41) is 6.09. The first-order chi connectivity index (χ1) is 14.4. The molecule has 0 saturated carbocycles. The first kappa shape index (κ1) is 20.5. The first-order valence-corrected chi connectivity index (χ1v) is 10.9. The van der Waals surface area contributed by atoms with E-state index >= 15 is 0 Å². The van der Waals surface area contributed by atoms with Gasteiger partial charge in [0.2, 0.25) is 11.8 Å². The molecular formula is C25H30N2O3. The predicted octanol–water partition coefficient (Wildman–Crippen LogP) is 4.66. The minimum absolute atomic E-state index is 0.0614. The molecule has 1 aliphatic carbocycles. The van der Waals surface area contributed by atoms with E-state index in [1.165, 1.54) is 11.1 Å². The van der Waals surface area contributed by atoms with E-state index in [-0.39, 0.29) is 23.3 Å². The van der Waals surface area contributed by atoms with Crippen molar-refractivity contribution in [2.24, 2.45) is 0 Å². The zero-order valence-corrected chi connectivity index (χ0v) is 17.8. The Labute approximate surface area is 178 Å². The van der Waals surface area contributed by atoms with Gasteiger partial charge < -0.3 is 15.4 Å². The van der Waals surface area contributed by atoms with Gasteiger partial charge in [0.05, 0.1) is 12.6 Å². The van der Waals surface area contributed by atoms with Crippen molar-refractivity contribution in [1.82, 2.24) is 5.32 Å². The number of benzene rings is 2. The third kappa shape index (κ3) is 4.50. The molecule has 1 aliphatic heterocycles. The highest BCUT2D eigenvalue weighted by atomic mass is 16.5. The van der Waals surface area contributed by atoms with E-state index in [2.05, 4.69) is 48.7 Å². The average Bonchev–Trinajstić information content (AvgIpc) is 2.73. The quantitative estimate of drug-likeness (QED) is 0.686. The zero-order valence-electron chi connectivity index (χ0n) is 17.8. The number of aryl methyl sites for hydroxylation is 1. The SMILES string of the molecule is CC1(C)CCC(NC(=O)CCCOc2ccc3c(c2)CCC(=O)N3)c2ccccc21. The van der Waals surface area contributed by atoms with Gasteiger partial charge in [-0.1, -0.05) is 38.1 Å². The Morgan fingerprint density at radius 1 is 1.20 bits per heavy atom. The summed E-state index contributed by atoms with van der Waals surface area (Å²) in [5.74, 6) is 0.923. The molecule has 0 spiro atoms. The number of rotatable bonds is 6. The van der Waals surface area contributed by atoms with E-state index in [9.17, 15) is 9.59 Å². The maximum atomic E-state index is 12.5. The minimum atomic E-state index is 0.0614. The van der Waals surface area contributed by atoms with Gasteiger partial charge in [0.25, 0.3) is 0 Å². The van der Waals surface area contributed by atoms with Crippen LogP contribution < -0.4 is 15.4 Å². The van der Waals surface area contributed by atoms with Crippen LogP contribution in [0.5, 0.6) is 5.75 Å². The summed E-state index contributed by atoms with van der Waals surface area (Å²) in [6.45, 7) is 5.04. The van der Waals surface area contributed by atoms with Gasteiger partial charge >= 0.3 is 0 Å². The fourth-order valence-corrected chi connectivity index (χ4v) is 4.50. The lowest BCUT2D eigenvalue weighted by Gasteiger charge is -2.37. The molecule has 0 bridgehead atoms. The van der Waals surface area contributed by atoms with Crippen LogP contribution in [0.2, 0.25) is 0 Å². The lowest BCUT2D eigenvalue weighted by Crippen LogP contribution is -2.35. The summed E-state index contributed by atoms with van der Waals surface area (Å²) < 4.78 is 5.83. The lowest BCUT2D eigenvalue weighted by atomic mass is 9.71. The summed E-state index contributed by atoms with van der Waals surface area (Å²) in [6, 6.07) is 14.3. The molecule has 1 heterocycles. The summed E-state index contributed by atoms with van der Waals surface area (Å²) in [7, 11) is 0. The van der Waals surface area contributed by atoms with E-state index in [1.807, 2.05) is 18.2 Å². The summed E-state index contributed by atoms with van der Waals surface area (Å²) in [5.41, 5.74) is 4.72. The van der Waals surface area contributed by atoms with E-state index in [1.54, 1.807) is 0 Å². The van der Waals surface area contributed by atoms with E-state index < -0.39 is 0 Å². The van der Waals surface area contributed by atoms with Crippen molar-refractivity contribution in [3.05, 3.63) is 59.2 Å².